The van der Waals surface area contributed by atoms with Crippen molar-refractivity contribution >= 4 is 17.9 Å². The van der Waals surface area contributed by atoms with Gasteiger partial charge in [-0.3, -0.25) is 14.4 Å². The molecule has 0 bridgehead atoms. The smallest absolute Gasteiger partial charge is 0.306 e. The zero-order valence-corrected chi connectivity index (χ0v) is 48.1. The monoisotopic (exact) mass is 1020 g/mol. The summed E-state index contributed by atoms with van der Waals surface area (Å²) in [6, 6.07) is 0. The molecule has 1 atom stereocenters. The number of unbranched alkanes of at least 4 members (excludes halogenated alkanes) is 31. The average molecular weight is 1020 g/mol. The Morgan fingerprint density at radius 1 is 0.274 bits per heavy atom. The minimum absolute atomic E-state index is 0.0862. The molecule has 0 saturated carbocycles. The van der Waals surface area contributed by atoms with Crippen LogP contribution >= 0.6 is 0 Å². The second-order valence-corrected chi connectivity index (χ2v) is 20.6. The molecule has 0 aliphatic rings. The van der Waals surface area contributed by atoms with Crippen molar-refractivity contribution in [3.63, 3.8) is 0 Å². The van der Waals surface area contributed by atoms with Crippen LogP contribution in [0.3, 0.4) is 0 Å². The second-order valence-electron chi connectivity index (χ2n) is 20.6. The fourth-order valence-corrected chi connectivity index (χ4v) is 8.64. The Labute approximate surface area is 452 Å². The number of hydrogen-bond donors (Lipinski definition) is 0. The van der Waals surface area contributed by atoms with Crippen LogP contribution < -0.4 is 0 Å². The Hall–Kier alpha value is -3.41. The molecule has 0 aromatic rings. The number of rotatable bonds is 56. The minimum atomic E-state index is -0.790. The van der Waals surface area contributed by atoms with Gasteiger partial charge in [-0.05, 0) is 109 Å². The molecular formula is C67H116O6. The zero-order valence-electron chi connectivity index (χ0n) is 48.1. The molecule has 0 N–H and O–H groups in total. The number of carbonyl (C=O) groups is 3. The third kappa shape index (κ3) is 59.3. The predicted molar refractivity (Wildman–Crippen MR) is 316 cm³/mol. The van der Waals surface area contributed by atoms with Gasteiger partial charge in [0.2, 0.25) is 0 Å². The van der Waals surface area contributed by atoms with Crippen LogP contribution in [-0.4, -0.2) is 37.2 Å². The highest BCUT2D eigenvalue weighted by Crippen LogP contribution is 2.16. The lowest BCUT2D eigenvalue weighted by Gasteiger charge is -2.18. The highest BCUT2D eigenvalue weighted by Gasteiger charge is 2.19. The Morgan fingerprint density at radius 2 is 0.521 bits per heavy atom. The summed E-state index contributed by atoms with van der Waals surface area (Å²) in [6.45, 7) is 6.49. The van der Waals surface area contributed by atoms with Gasteiger partial charge in [-0.25, -0.2) is 0 Å². The molecule has 0 radical (unpaired) electrons. The molecule has 0 amide bonds. The molecule has 73 heavy (non-hydrogen) atoms. The van der Waals surface area contributed by atoms with Crippen molar-refractivity contribution in [3.8, 4) is 0 Å². The van der Waals surface area contributed by atoms with Crippen LogP contribution in [0.2, 0.25) is 0 Å². The highest BCUT2D eigenvalue weighted by atomic mass is 16.6. The maximum Gasteiger partial charge on any atom is 0.306 e. The van der Waals surface area contributed by atoms with Gasteiger partial charge in [-0.2, -0.15) is 0 Å². The SMILES string of the molecule is CCC/C=C\C/C=C\CCCCCCCC(=O)OCC(COC(=O)CCCCCCCCCCCCCCCC/C=C\C/C=C\C/C=C\CCCCCCC)OC(=O)CCCCCCC/C=C\C/C=C\CCC. The first kappa shape index (κ1) is 69.6. The van der Waals surface area contributed by atoms with Crippen molar-refractivity contribution in [2.75, 3.05) is 13.2 Å². The van der Waals surface area contributed by atoms with Crippen molar-refractivity contribution < 1.29 is 28.6 Å². The molecule has 0 aromatic carbocycles. The lowest BCUT2D eigenvalue weighted by atomic mass is 10.0. The van der Waals surface area contributed by atoms with Crippen LogP contribution in [0.1, 0.15) is 303 Å². The van der Waals surface area contributed by atoms with Gasteiger partial charge in [-0.15, -0.1) is 0 Å². The van der Waals surface area contributed by atoms with E-state index >= 15 is 0 Å². The van der Waals surface area contributed by atoms with Crippen molar-refractivity contribution in [2.24, 2.45) is 0 Å². The minimum Gasteiger partial charge on any atom is -0.462 e. The molecule has 6 heteroatoms. The van der Waals surface area contributed by atoms with Gasteiger partial charge >= 0.3 is 17.9 Å². The molecular weight excluding hydrogens is 901 g/mol. The molecule has 0 saturated heterocycles. The Bertz CT molecular complexity index is 1400. The molecule has 0 spiro atoms. The lowest BCUT2D eigenvalue weighted by Crippen LogP contribution is -2.30. The number of hydrogen-bond acceptors (Lipinski definition) is 6. The summed E-state index contributed by atoms with van der Waals surface area (Å²) in [5.41, 5.74) is 0. The number of allylic oxidation sites excluding steroid dienone is 14. The van der Waals surface area contributed by atoms with E-state index in [1.807, 2.05) is 0 Å². The fourth-order valence-electron chi connectivity index (χ4n) is 8.64. The number of carbonyl (C=O) groups excluding carboxylic acids is 3. The molecule has 1 unspecified atom stereocenters. The van der Waals surface area contributed by atoms with E-state index in [1.165, 1.54) is 128 Å². The predicted octanol–water partition coefficient (Wildman–Crippen LogP) is 21.1. The molecule has 420 valence electrons. The van der Waals surface area contributed by atoms with Crippen LogP contribution in [0, 0.1) is 0 Å². The van der Waals surface area contributed by atoms with Gasteiger partial charge < -0.3 is 14.2 Å². The maximum absolute atomic E-state index is 12.8. The van der Waals surface area contributed by atoms with E-state index in [4.69, 9.17) is 14.2 Å². The zero-order chi connectivity index (χ0) is 52.9. The van der Waals surface area contributed by atoms with Crippen molar-refractivity contribution in [1.29, 1.82) is 0 Å². The summed E-state index contributed by atoms with van der Waals surface area (Å²) >= 11 is 0. The molecule has 6 nitrogen and oxygen atoms in total. The van der Waals surface area contributed by atoms with Crippen molar-refractivity contribution in [2.45, 2.75) is 309 Å². The first-order chi connectivity index (χ1) is 36.0. The second kappa shape index (κ2) is 61.1. The topological polar surface area (TPSA) is 78.9 Å². The number of ether oxygens (including phenoxy) is 3. The molecule has 0 fully saturated rings. The van der Waals surface area contributed by atoms with E-state index in [0.717, 1.165) is 135 Å². The van der Waals surface area contributed by atoms with E-state index in [-0.39, 0.29) is 31.1 Å². The van der Waals surface area contributed by atoms with Gasteiger partial charge in [0.1, 0.15) is 13.2 Å². The Balaban J connectivity index is 4.20. The van der Waals surface area contributed by atoms with Crippen LogP contribution in [-0.2, 0) is 28.6 Å². The highest BCUT2D eigenvalue weighted by molar-refractivity contribution is 5.71. The third-order valence-corrected chi connectivity index (χ3v) is 13.3. The van der Waals surface area contributed by atoms with Gasteiger partial charge in [0.05, 0.1) is 0 Å². The normalized spacial score (nSPS) is 12.6. The molecule has 0 aromatic heterocycles. The third-order valence-electron chi connectivity index (χ3n) is 13.3. The Morgan fingerprint density at radius 3 is 0.822 bits per heavy atom. The van der Waals surface area contributed by atoms with Gasteiger partial charge in [0.15, 0.2) is 6.10 Å². The standard InChI is InChI=1S/C67H116O6/c1-4-7-10-13-16-19-22-25-26-27-28-29-30-31-32-33-34-35-36-37-38-39-40-43-45-48-51-54-57-60-66(69)72-63-64(73-67(70)61-58-55-52-49-46-42-24-21-18-15-12-9-6-3)62-71-65(68)59-56-53-50-47-44-41-23-20-17-14-11-8-5-2/h11-12,14-15,20-25,27-28,30-31,64H,4-10,13,16-19,26,29,32-63H2,1-3H3/b14-11-,15-12-,23-20-,24-21-,25-22-,28-27-,31-30-. The quantitative estimate of drug-likeness (QED) is 0.0261. The molecule has 0 aliphatic carbocycles. The Kier molecular flexibility index (Phi) is 58.3. The van der Waals surface area contributed by atoms with Gasteiger partial charge in [0.25, 0.3) is 0 Å². The number of esters is 3. The summed E-state index contributed by atoms with van der Waals surface area (Å²) in [5.74, 6) is -0.909. The van der Waals surface area contributed by atoms with E-state index in [0.29, 0.717) is 19.3 Å². The van der Waals surface area contributed by atoms with Crippen LogP contribution in [0.15, 0.2) is 85.1 Å². The summed E-state index contributed by atoms with van der Waals surface area (Å²) in [7, 11) is 0. The summed E-state index contributed by atoms with van der Waals surface area (Å²) in [4.78, 5) is 38.2. The van der Waals surface area contributed by atoms with Crippen molar-refractivity contribution in [3.05, 3.63) is 85.1 Å². The average Bonchev–Trinajstić information content (AvgIpc) is 3.39. The first-order valence-electron chi connectivity index (χ1n) is 31.1. The van der Waals surface area contributed by atoms with E-state index in [1.54, 1.807) is 0 Å². The van der Waals surface area contributed by atoms with Crippen LogP contribution in [0.5, 0.6) is 0 Å². The molecule has 0 heterocycles. The molecule has 0 rings (SSSR count). The van der Waals surface area contributed by atoms with Gasteiger partial charge in [0, 0.05) is 19.3 Å². The van der Waals surface area contributed by atoms with Gasteiger partial charge in [-0.1, -0.05) is 260 Å². The first-order valence-corrected chi connectivity index (χ1v) is 31.1. The summed E-state index contributed by atoms with van der Waals surface area (Å²) < 4.78 is 16.9. The summed E-state index contributed by atoms with van der Waals surface area (Å²) in [5, 5.41) is 0. The van der Waals surface area contributed by atoms with Crippen LogP contribution in [0.4, 0.5) is 0 Å². The van der Waals surface area contributed by atoms with E-state index in [9.17, 15) is 14.4 Å². The maximum atomic E-state index is 12.8. The van der Waals surface area contributed by atoms with E-state index < -0.39 is 6.10 Å². The lowest BCUT2D eigenvalue weighted by molar-refractivity contribution is -0.167. The fraction of sp³-hybridized carbons (Fsp3) is 0.746. The van der Waals surface area contributed by atoms with Crippen molar-refractivity contribution in [1.82, 2.24) is 0 Å². The van der Waals surface area contributed by atoms with E-state index in [2.05, 4.69) is 106 Å². The molecule has 0 aliphatic heterocycles. The summed E-state index contributed by atoms with van der Waals surface area (Å²) in [6.07, 6.45) is 80.2. The largest absolute Gasteiger partial charge is 0.462 e. The van der Waals surface area contributed by atoms with Crippen LogP contribution in [0.25, 0.3) is 0 Å².